The van der Waals surface area contributed by atoms with Crippen molar-refractivity contribution >= 4 is 46.4 Å². The quantitative estimate of drug-likeness (QED) is 0.223. The summed E-state index contributed by atoms with van der Waals surface area (Å²) in [7, 11) is -4.24. The van der Waals surface area contributed by atoms with Crippen LogP contribution < -0.4 is 10.6 Å². The van der Waals surface area contributed by atoms with Crippen molar-refractivity contribution in [1.82, 2.24) is 15.7 Å². The van der Waals surface area contributed by atoms with E-state index in [1.54, 1.807) is 11.8 Å². The number of carbonyl (C=O) groups is 4. The number of urea groups is 1. The first kappa shape index (κ1) is 20.2. The summed E-state index contributed by atoms with van der Waals surface area (Å²) in [5.74, 6) is -2.00. The van der Waals surface area contributed by atoms with Gasteiger partial charge in [-0.25, -0.2) is 9.59 Å². The third kappa shape index (κ3) is 4.48. The Bertz CT molecular complexity index is 655. The van der Waals surface area contributed by atoms with Crippen molar-refractivity contribution in [2.24, 2.45) is 0 Å². The fourth-order valence-electron chi connectivity index (χ4n) is 3.33. The standard InChI is InChI=1S/C14H21N3O8S2/c18-10-5-9(27(22,23)24)13(20)17(10)25-11(19)4-2-1-3-8-12-7(6-26-8)15-14(21)16-12/h7-9,12,22-24H,1-6H2,(H2,15,16,21)/t7-,8?,9?,12-/m0/s1. The first-order valence-corrected chi connectivity index (χ1v) is 11.0. The second-order valence-electron chi connectivity index (χ2n) is 6.61. The SMILES string of the molecule is O=C1N[C@H]2CSC(CCCCC(=O)ON3C(=O)CC(S(O)(O)O)C3=O)[C@H]2N1. The molecule has 0 aromatic heterocycles. The summed E-state index contributed by atoms with van der Waals surface area (Å²) in [5.41, 5.74) is 0. The molecule has 3 saturated heterocycles. The van der Waals surface area contributed by atoms with Crippen LogP contribution in [0.4, 0.5) is 4.79 Å². The molecule has 0 radical (unpaired) electrons. The number of rotatable bonds is 7. The molecule has 3 fully saturated rings. The summed E-state index contributed by atoms with van der Waals surface area (Å²) in [6.45, 7) is 0. The third-order valence-electron chi connectivity index (χ3n) is 4.69. The summed E-state index contributed by atoms with van der Waals surface area (Å²) < 4.78 is 27.4. The molecule has 3 heterocycles. The Hall–Kier alpha value is -1.54. The van der Waals surface area contributed by atoms with Crippen LogP contribution in [0, 0.1) is 0 Å². The summed E-state index contributed by atoms with van der Waals surface area (Å²) >= 11 is 1.76. The Kier molecular flexibility index (Phi) is 5.86. The van der Waals surface area contributed by atoms with Gasteiger partial charge in [0, 0.05) is 17.4 Å². The van der Waals surface area contributed by atoms with Gasteiger partial charge in [-0.1, -0.05) is 6.42 Å². The molecule has 0 bridgehead atoms. The lowest BCUT2D eigenvalue weighted by molar-refractivity contribution is -0.197. The lowest BCUT2D eigenvalue weighted by Crippen LogP contribution is -2.36. The van der Waals surface area contributed by atoms with E-state index in [2.05, 4.69) is 10.6 Å². The molecule has 3 aliphatic heterocycles. The predicted octanol–water partition coefficient (Wildman–Crippen LogP) is 0.522. The monoisotopic (exact) mass is 423 g/mol. The average Bonchev–Trinajstić information content (AvgIpc) is 3.19. The van der Waals surface area contributed by atoms with Crippen LogP contribution in [0.25, 0.3) is 0 Å². The summed E-state index contributed by atoms with van der Waals surface area (Å²) in [6, 6.07) is 0.0671. The molecule has 27 heavy (non-hydrogen) atoms. The van der Waals surface area contributed by atoms with Crippen LogP contribution in [0.2, 0.25) is 0 Å². The molecular formula is C14H21N3O8S2. The molecule has 3 rings (SSSR count). The lowest BCUT2D eigenvalue weighted by Gasteiger charge is -2.23. The molecule has 5 N–H and O–H groups in total. The molecule has 0 saturated carbocycles. The van der Waals surface area contributed by atoms with Gasteiger partial charge in [0.1, 0.15) is 5.25 Å². The highest BCUT2D eigenvalue weighted by atomic mass is 32.3. The number of amides is 4. The van der Waals surface area contributed by atoms with Crippen LogP contribution in [0.1, 0.15) is 32.1 Å². The van der Waals surface area contributed by atoms with Crippen LogP contribution in [0.15, 0.2) is 0 Å². The zero-order chi connectivity index (χ0) is 19.8. The minimum atomic E-state index is -4.24. The van der Waals surface area contributed by atoms with Gasteiger partial charge in [-0.2, -0.15) is 11.8 Å². The van der Waals surface area contributed by atoms with Crippen molar-refractivity contribution in [1.29, 1.82) is 0 Å². The van der Waals surface area contributed by atoms with Crippen molar-refractivity contribution in [2.45, 2.75) is 54.7 Å². The number of hydroxylamine groups is 2. The fraction of sp³-hybridized carbons (Fsp3) is 0.714. The highest BCUT2D eigenvalue weighted by Crippen LogP contribution is 2.44. The first-order chi connectivity index (χ1) is 12.7. The number of imide groups is 1. The summed E-state index contributed by atoms with van der Waals surface area (Å²) in [6.07, 6.45) is 1.33. The molecule has 2 unspecified atom stereocenters. The van der Waals surface area contributed by atoms with Gasteiger partial charge in [0.25, 0.3) is 11.8 Å². The van der Waals surface area contributed by atoms with E-state index in [0.29, 0.717) is 12.8 Å². The number of nitrogens with zero attached hydrogens (tertiary/aromatic N) is 1. The summed E-state index contributed by atoms with van der Waals surface area (Å²) in [4.78, 5) is 51.4. The smallest absolute Gasteiger partial charge is 0.332 e. The van der Waals surface area contributed by atoms with Gasteiger partial charge in [0.15, 0.2) is 0 Å². The van der Waals surface area contributed by atoms with Gasteiger partial charge < -0.3 is 29.1 Å². The van der Waals surface area contributed by atoms with Gasteiger partial charge >= 0.3 is 12.0 Å². The van der Waals surface area contributed by atoms with E-state index >= 15 is 0 Å². The molecule has 11 nitrogen and oxygen atoms in total. The maximum atomic E-state index is 11.9. The van der Waals surface area contributed by atoms with Crippen molar-refractivity contribution in [2.75, 3.05) is 5.75 Å². The normalized spacial score (nSPS) is 30.9. The van der Waals surface area contributed by atoms with Crippen LogP contribution >= 0.6 is 22.6 Å². The highest BCUT2D eigenvalue weighted by molar-refractivity contribution is 8.20. The van der Waals surface area contributed by atoms with Crippen LogP contribution in [0.5, 0.6) is 0 Å². The van der Waals surface area contributed by atoms with Crippen molar-refractivity contribution < 1.29 is 37.7 Å². The predicted molar refractivity (Wildman–Crippen MR) is 95.8 cm³/mol. The molecule has 0 aliphatic carbocycles. The highest BCUT2D eigenvalue weighted by Gasteiger charge is 2.49. The number of fused-ring (bicyclic) bond motifs is 1. The molecule has 0 aromatic rings. The molecule has 13 heteroatoms. The van der Waals surface area contributed by atoms with Crippen LogP contribution in [-0.2, 0) is 19.2 Å². The van der Waals surface area contributed by atoms with E-state index < -0.39 is 40.3 Å². The second kappa shape index (κ2) is 7.83. The topological polar surface area (TPSA) is 166 Å². The molecule has 0 aromatic carbocycles. The van der Waals surface area contributed by atoms with E-state index in [9.17, 15) is 19.2 Å². The Morgan fingerprint density at radius 1 is 1.22 bits per heavy atom. The Morgan fingerprint density at radius 2 is 1.96 bits per heavy atom. The van der Waals surface area contributed by atoms with Crippen LogP contribution in [-0.4, -0.2) is 70.9 Å². The van der Waals surface area contributed by atoms with Crippen molar-refractivity contribution in [3.05, 3.63) is 0 Å². The third-order valence-corrected chi connectivity index (χ3v) is 7.34. The fourth-order valence-corrected chi connectivity index (χ4v) is 5.61. The zero-order valence-electron chi connectivity index (χ0n) is 14.2. The van der Waals surface area contributed by atoms with Gasteiger partial charge in [-0.15, -0.1) is 5.06 Å². The molecule has 152 valence electrons. The number of thioether (sulfide) groups is 1. The van der Waals surface area contributed by atoms with Crippen molar-refractivity contribution in [3.63, 3.8) is 0 Å². The van der Waals surface area contributed by atoms with Gasteiger partial charge in [-0.05, 0) is 12.8 Å². The minimum absolute atomic E-state index is 0.0206. The van der Waals surface area contributed by atoms with E-state index in [4.69, 9.17) is 18.5 Å². The minimum Gasteiger partial charge on any atom is -0.332 e. The lowest BCUT2D eigenvalue weighted by atomic mass is 10.0. The van der Waals surface area contributed by atoms with E-state index in [0.717, 1.165) is 12.2 Å². The number of hydrogen-bond donors (Lipinski definition) is 5. The first-order valence-electron chi connectivity index (χ1n) is 8.42. The van der Waals surface area contributed by atoms with Gasteiger partial charge in [-0.3, -0.25) is 9.59 Å². The number of carbonyl (C=O) groups excluding carboxylic acids is 4. The number of hydrogen-bond acceptors (Lipinski definition) is 9. The van der Waals surface area contributed by atoms with Crippen LogP contribution in [0.3, 0.4) is 0 Å². The van der Waals surface area contributed by atoms with E-state index in [1.165, 1.54) is 0 Å². The maximum Gasteiger partial charge on any atom is 0.333 e. The van der Waals surface area contributed by atoms with Gasteiger partial charge in [0.2, 0.25) is 0 Å². The largest absolute Gasteiger partial charge is 0.333 e. The summed E-state index contributed by atoms with van der Waals surface area (Å²) in [5, 5.41) is 4.48. The Labute approximate surface area is 160 Å². The molecule has 4 atom stereocenters. The van der Waals surface area contributed by atoms with Crippen molar-refractivity contribution in [3.8, 4) is 0 Å². The Morgan fingerprint density at radius 3 is 2.63 bits per heavy atom. The van der Waals surface area contributed by atoms with E-state index in [-0.39, 0.29) is 34.8 Å². The average molecular weight is 423 g/mol. The molecule has 3 aliphatic rings. The zero-order valence-corrected chi connectivity index (χ0v) is 15.8. The number of nitrogens with one attached hydrogen (secondary N) is 2. The molecule has 4 amide bonds. The number of unbranched alkanes of at least 4 members (excludes halogenated alkanes) is 1. The maximum absolute atomic E-state index is 11.9. The second-order valence-corrected chi connectivity index (χ2v) is 9.57. The molecule has 0 spiro atoms. The van der Waals surface area contributed by atoms with E-state index in [1.807, 2.05) is 0 Å². The van der Waals surface area contributed by atoms with Gasteiger partial charge in [0.05, 0.1) is 29.4 Å². The Balaban J connectivity index is 1.38. The molecular weight excluding hydrogens is 402 g/mol.